The SMILES string of the molecule is CC(C)(C)O.[SiH3]O[SiH3]. The van der Waals surface area contributed by atoms with Crippen molar-refractivity contribution in [2.45, 2.75) is 26.4 Å². The molecule has 0 rings (SSSR count). The van der Waals surface area contributed by atoms with E-state index >= 15 is 0 Å². The molecule has 2 nitrogen and oxygen atoms in total. The van der Waals surface area contributed by atoms with Crippen molar-refractivity contribution in [3.05, 3.63) is 0 Å². The van der Waals surface area contributed by atoms with Crippen LogP contribution in [0.1, 0.15) is 20.8 Å². The van der Waals surface area contributed by atoms with Crippen LogP contribution in [-0.4, -0.2) is 31.7 Å². The highest BCUT2D eigenvalue weighted by molar-refractivity contribution is 6.15. The van der Waals surface area contributed by atoms with Crippen molar-refractivity contribution in [1.82, 2.24) is 0 Å². The van der Waals surface area contributed by atoms with Crippen molar-refractivity contribution >= 4 is 21.0 Å². The van der Waals surface area contributed by atoms with Gasteiger partial charge in [0.05, 0.1) is 5.60 Å². The first-order valence-electron chi connectivity index (χ1n) is 2.54. The molecule has 0 aromatic carbocycles. The summed E-state index contributed by atoms with van der Waals surface area (Å²) in [5, 5.41) is 8.52. The average molecular weight is 152 g/mol. The summed E-state index contributed by atoms with van der Waals surface area (Å²) in [4.78, 5) is 0. The quantitative estimate of drug-likeness (QED) is 0.421. The third-order valence-corrected chi connectivity index (χ3v) is 0. The highest BCUT2D eigenvalue weighted by atomic mass is 28.3. The lowest BCUT2D eigenvalue weighted by Crippen LogP contribution is -2.10. The second-order valence-corrected chi connectivity index (χ2v) is 5.85. The van der Waals surface area contributed by atoms with Gasteiger partial charge in [-0.2, -0.15) is 0 Å². The minimum absolute atomic E-state index is 0.500. The standard InChI is InChI=1S/C4H10O.H6OSi2/c1-4(2,3)5;2-1-3/h5H,1-3H3;2-3H3. The Balaban J connectivity index is 0. The van der Waals surface area contributed by atoms with Gasteiger partial charge in [0.1, 0.15) is 21.0 Å². The summed E-state index contributed by atoms with van der Waals surface area (Å²) >= 11 is 0. The number of rotatable bonds is 0. The Morgan fingerprint density at radius 2 is 1.25 bits per heavy atom. The molecular formula is C4H16O2Si2. The Hall–Kier alpha value is 0.354. The smallest absolute Gasteiger partial charge is 0.129 e. The van der Waals surface area contributed by atoms with Crippen molar-refractivity contribution in [1.29, 1.82) is 0 Å². The molecule has 0 spiro atoms. The molecule has 0 bridgehead atoms. The molecule has 0 aliphatic rings. The highest BCUT2D eigenvalue weighted by Gasteiger charge is 1.97. The molecule has 0 radical (unpaired) electrons. The van der Waals surface area contributed by atoms with Gasteiger partial charge in [-0.3, -0.25) is 0 Å². The maximum absolute atomic E-state index is 8.52. The van der Waals surface area contributed by atoms with E-state index in [-0.39, 0.29) is 0 Å². The zero-order valence-electron chi connectivity index (χ0n) is 6.36. The maximum atomic E-state index is 8.52. The molecule has 0 atom stereocenters. The van der Waals surface area contributed by atoms with Gasteiger partial charge in [0.2, 0.25) is 0 Å². The van der Waals surface area contributed by atoms with Crippen LogP contribution in [0.3, 0.4) is 0 Å². The van der Waals surface area contributed by atoms with Gasteiger partial charge in [0.25, 0.3) is 0 Å². The first-order chi connectivity index (χ1) is 3.41. The van der Waals surface area contributed by atoms with Crippen LogP contribution in [0.25, 0.3) is 0 Å². The van der Waals surface area contributed by atoms with Crippen LogP contribution < -0.4 is 0 Å². The zero-order valence-corrected chi connectivity index (χ0v) is 10.4. The minimum atomic E-state index is -0.500. The number of aliphatic hydroxyl groups is 1. The van der Waals surface area contributed by atoms with Crippen molar-refractivity contribution < 1.29 is 9.22 Å². The van der Waals surface area contributed by atoms with Crippen LogP contribution in [-0.2, 0) is 4.12 Å². The summed E-state index contributed by atoms with van der Waals surface area (Å²) in [6, 6.07) is 0. The van der Waals surface area contributed by atoms with Gasteiger partial charge in [-0.25, -0.2) is 0 Å². The van der Waals surface area contributed by atoms with Crippen LogP contribution in [0.15, 0.2) is 0 Å². The highest BCUT2D eigenvalue weighted by Crippen LogP contribution is 1.93. The Morgan fingerprint density at radius 3 is 1.25 bits per heavy atom. The lowest BCUT2D eigenvalue weighted by molar-refractivity contribution is 0.102. The lowest BCUT2D eigenvalue weighted by atomic mass is 10.2. The van der Waals surface area contributed by atoms with E-state index in [2.05, 4.69) is 4.12 Å². The molecule has 0 fully saturated rings. The second kappa shape index (κ2) is 5.49. The van der Waals surface area contributed by atoms with Crippen LogP contribution >= 0.6 is 0 Å². The normalized spacial score (nSPS) is 10.5. The van der Waals surface area contributed by atoms with Crippen molar-refractivity contribution in [3.8, 4) is 0 Å². The fraction of sp³-hybridized carbons (Fsp3) is 1.00. The summed E-state index contributed by atoms with van der Waals surface area (Å²) in [6.45, 7) is 5.23. The molecule has 4 heteroatoms. The van der Waals surface area contributed by atoms with E-state index < -0.39 is 5.60 Å². The van der Waals surface area contributed by atoms with E-state index in [0.29, 0.717) is 0 Å². The Bertz CT molecular complexity index is 35.8. The Kier molecular flexibility index (Phi) is 7.68. The summed E-state index contributed by atoms with van der Waals surface area (Å²) in [5.41, 5.74) is -0.500. The molecule has 0 saturated heterocycles. The van der Waals surface area contributed by atoms with Crippen molar-refractivity contribution in [2.75, 3.05) is 0 Å². The van der Waals surface area contributed by atoms with Gasteiger partial charge in [-0.1, -0.05) is 0 Å². The van der Waals surface area contributed by atoms with Gasteiger partial charge in [-0.05, 0) is 20.8 Å². The molecule has 0 unspecified atom stereocenters. The molecule has 52 valence electrons. The van der Waals surface area contributed by atoms with Gasteiger partial charge in [0, 0.05) is 0 Å². The monoisotopic (exact) mass is 152 g/mol. The van der Waals surface area contributed by atoms with Crippen molar-refractivity contribution in [2.24, 2.45) is 0 Å². The maximum Gasteiger partial charge on any atom is 0.129 e. The number of hydrogen-bond acceptors (Lipinski definition) is 2. The Morgan fingerprint density at radius 1 is 1.25 bits per heavy atom. The third kappa shape index (κ3) is 1460. The van der Waals surface area contributed by atoms with E-state index in [1.54, 1.807) is 20.8 Å². The molecule has 0 amide bonds. The minimum Gasteiger partial charge on any atom is -0.471 e. The molecule has 0 saturated carbocycles. The fourth-order valence-corrected chi connectivity index (χ4v) is 0. The van der Waals surface area contributed by atoms with E-state index in [4.69, 9.17) is 5.11 Å². The van der Waals surface area contributed by atoms with Crippen LogP contribution in [0.5, 0.6) is 0 Å². The van der Waals surface area contributed by atoms with Crippen LogP contribution in [0.4, 0.5) is 0 Å². The third-order valence-electron chi connectivity index (χ3n) is 0. The molecule has 0 aromatic rings. The molecule has 8 heavy (non-hydrogen) atoms. The average Bonchev–Trinajstić information content (AvgIpc) is 1.27. The van der Waals surface area contributed by atoms with Crippen LogP contribution in [0, 0.1) is 0 Å². The first-order valence-corrected chi connectivity index (χ1v) is 4.17. The molecule has 1 N–H and O–H groups in total. The zero-order chi connectivity index (χ0) is 7.21. The van der Waals surface area contributed by atoms with E-state index in [9.17, 15) is 0 Å². The van der Waals surface area contributed by atoms with E-state index in [1.807, 2.05) is 0 Å². The predicted octanol–water partition coefficient (Wildman–Crippen LogP) is -1.66. The summed E-state index contributed by atoms with van der Waals surface area (Å²) in [6.07, 6.45) is 0. The largest absolute Gasteiger partial charge is 0.471 e. The van der Waals surface area contributed by atoms with Gasteiger partial charge >= 0.3 is 0 Å². The van der Waals surface area contributed by atoms with Crippen molar-refractivity contribution in [3.63, 3.8) is 0 Å². The molecule has 0 aliphatic carbocycles. The molecular weight excluding hydrogens is 136 g/mol. The van der Waals surface area contributed by atoms with E-state index in [1.165, 1.54) is 0 Å². The van der Waals surface area contributed by atoms with Gasteiger partial charge in [0.15, 0.2) is 0 Å². The molecule has 0 aliphatic heterocycles. The summed E-state index contributed by atoms with van der Waals surface area (Å²) in [5.74, 6) is 0. The summed E-state index contributed by atoms with van der Waals surface area (Å²) in [7, 11) is 1.86. The topological polar surface area (TPSA) is 29.5 Å². The summed E-state index contributed by atoms with van der Waals surface area (Å²) < 4.78 is 4.53. The molecule has 0 heterocycles. The lowest BCUT2D eigenvalue weighted by Gasteiger charge is -2.04. The fourth-order valence-electron chi connectivity index (χ4n) is 0. The predicted molar refractivity (Wildman–Crippen MR) is 42.9 cm³/mol. The second-order valence-electron chi connectivity index (χ2n) is 2.58. The van der Waals surface area contributed by atoms with Crippen LogP contribution in [0.2, 0.25) is 0 Å². The first kappa shape index (κ1) is 11.2. The molecule has 0 aromatic heterocycles. The number of hydrogen-bond donors (Lipinski definition) is 1. The van der Waals surface area contributed by atoms with Gasteiger partial charge < -0.3 is 9.22 Å². The van der Waals surface area contributed by atoms with Gasteiger partial charge in [-0.15, -0.1) is 0 Å². The van der Waals surface area contributed by atoms with E-state index in [0.717, 1.165) is 21.0 Å². The Labute approximate surface area is 57.3 Å².